The molecule has 0 bridgehead atoms. The molecule has 0 radical (unpaired) electrons. The third-order valence-corrected chi connectivity index (χ3v) is 0.843. The summed E-state index contributed by atoms with van der Waals surface area (Å²) in [7, 11) is 0. The van der Waals surface area contributed by atoms with Gasteiger partial charge in [0.1, 0.15) is 0 Å². The standard InChI is InChI=1S/C7H7.Hf/c1-7-5-3-2-4-6-7;/h2-6H,1H2;/q-1;+4. The smallest absolute Gasteiger partial charge is 0.199 e. The van der Waals surface area contributed by atoms with E-state index < -0.39 is 0 Å². The van der Waals surface area contributed by atoms with E-state index in [-0.39, 0.29) is 25.8 Å². The molecule has 0 aliphatic heterocycles. The Kier molecular flexibility index (Phi) is 3.88. The molecule has 0 aliphatic carbocycles. The molecule has 0 aliphatic rings. The first-order chi connectivity index (χ1) is 3.39. The van der Waals surface area contributed by atoms with Crippen LogP contribution in [0.3, 0.4) is 0 Å². The Morgan fingerprint density at radius 3 is 1.75 bits per heavy atom. The Morgan fingerprint density at radius 2 is 1.50 bits per heavy atom. The van der Waals surface area contributed by atoms with Crippen LogP contribution in [0.2, 0.25) is 0 Å². The van der Waals surface area contributed by atoms with Gasteiger partial charge in [-0.2, -0.15) is 24.6 Å². The molecule has 8 heavy (non-hydrogen) atoms. The SMILES string of the molecule is [CH2-]c1ccccc1.[Hf+4]. The summed E-state index contributed by atoms with van der Waals surface area (Å²) in [5, 5.41) is 0. The minimum absolute atomic E-state index is 0. The molecular weight excluding hydrogens is 263 g/mol. The molecule has 1 aromatic rings. The fourth-order valence-corrected chi connectivity index (χ4v) is 0.478. The fraction of sp³-hybridized carbons (Fsp3) is 0. The summed E-state index contributed by atoms with van der Waals surface area (Å²) in [6, 6.07) is 9.87. The van der Waals surface area contributed by atoms with Gasteiger partial charge in [0, 0.05) is 0 Å². The molecule has 1 aromatic carbocycles. The topological polar surface area (TPSA) is 0 Å². The normalized spacial score (nSPS) is 7.50. The van der Waals surface area contributed by atoms with Gasteiger partial charge < -0.3 is 0 Å². The first-order valence-electron chi connectivity index (χ1n) is 2.26. The van der Waals surface area contributed by atoms with Crippen molar-refractivity contribution in [1.82, 2.24) is 0 Å². The van der Waals surface area contributed by atoms with Crippen molar-refractivity contribution in [2.45, 2.75) is 0 Å². The van der Waals surface area contributed by atoms with Crippen molar-refractivity contribution in [2.24, 2.45) is 0 Å². The van der Waals surface area contributed by atoms with Gasteiger partial charge >= 0.3 is 25.8 Å². The zero-order valence-electron chi connectivity index (χ0n) is 4.59. The molecular formula is C7H7Hf+3. The Labute approximate surface area is 68.7 Å². The molecule has 0 spiro atoms. The van der Waals surface area contributed by atoms with Gasteiger partial charge in [0.05, 0.1) is 0 Å². The maximum atomic E-state index is 3.72. The van der Waals surface area contributed by atoms with Crippen LogP contribution in [0.4, 0.5) is 0 Å². The van der Waals surface area contributed by atoms with E-state index in [1.165, 1.54) is 0 Å². The summed E-state index contributed by atoms with van der Waals surface area (Å²) in [5.41, 5.74) is 1.07. The van der Waals surface area contributed by atoms with E-state index in [0.717, 1.165) is 5.56 Å². The second-order valence-electron chi connectivity index (χ2n) is 1.49. The van der Waals surface area contributed by atoms with Crippen LogP contribution in [0.1, 0.15) is 5.56 Å². The van der Waals surface area contributed by atoms with E-state index in [2.05, 4.69) is 6.92 Å². The van der Waals surface area contributed by atoms with Gasteiger partial charge in [0.2, 0.25) is 0 Å². The summed E-state index contributed by atoms with van der Waals surface area (Å²) in [4.78, 5) is 0. The van der Waals surface area contributed by atoms with Gasteiger partial charge in [0.25, 0.3) is 0 Å². The van der Waals surface area contributed by atoms with Gasteiger partial charge in [-0.15, -0.1) is 12.1 Å². The van der Waals surface area contributed by atoms with Crippen LogP contribution < -0.4 is 0 Å². The van der Waals surface area contributed by atoms with Crippen LogP contribution in [0, 0.1) is 6.92 Å². The fourth-order valence-electron chi connectivity index (χ4n) is 0.478. The number of hydrogen-bond acceptors (Lipinski definition) is 0. The summed E-state index contributed by atoms with van der Waals surface area (Å²) >= 11 is 0. The van der Waals surface area contributed by atoms with E-state index in [4.69, 9.17) is 0 Å². The minimum atomic E-state index is 0. The molecule has 1 heteroatoms. The Hall–Kier alpha value is -0.0399. The maximum absolute atomic E-state index is 3.72. The van der Waals surface area contributed by atoms with E-state index >= 15 is 0 Å². The van der Waals surface area contributed by atoms with Crippen LogP contribution in [-0.2, 0) is 25.8 Å². The predicted molar refractivity (Wildman–Crippen MR) is 30.9 cm³/mol. The first kappa shape index (κ1) is 7.96. The zero-order chi connectivity index (χ0) is 5.11. The van der Waals surface area contributed by atoms with Crippen LogP contribution in [-0.4, -0.2) is 0 Å². The molecule has 0 nitrogen and oxygen atoms in total. The summed E-state index contributed by atoms with van der Waals surface area (Å²) < 4.78 is 0. The molecule has 0 aromatic heterocycles. The molecule has 0 fully saturated rings. The summed E-state index contributed by atoms with van der Waals surface area (Å²) in [5.74, 6) is 0. The van der Waals surface area contributed by atoms with E-state index in [9.17, 15) is 0 Å². The van der Waals surface area contributed by atoms with Crippen LogP contribution >= 0.6 is 0 Å². The first-order valence-corrected chi connectivity index (χ1v) is 2.26. The molecule has 0 saturated carbocycles. The third-order valence-electron chi connectivity index (χ3n) is 0.843. The van der Waals surface area contributed by atoms with Gasteiger partial charge in [0.15, 0.2) is 0 Å². The monoisotopic (exact) mass is 271 g/mol. The van der Waals surface area contributed by atoms with Gasteiger partial charge in [-0.05, 0) is 0 Å². The van der Waals surface area contributed by atoms with Crippen molar-refractivity contribution < 1.29 is 25.8 Å². The molecule has 0 atom stereocenters. The van der Waals surface area contributed by atoms with Gasteiger partial charge in [-0.25, -0.2) is 0 Å². The van der Waals surface area contributed by atoms with Crippen molar-refractivity contribution in [2.75, 3.05) is 0 Å². The van der Waals surface area contributed by atoms with Gasteiger partial charge in [-0.3, -0.25) is 0 Å². The predicted octanol–water partition coefficient (Wildman–Crippen LogP) is 1.87. The number of rotatable bonds is 0. The van der Waals surface area contributed by atoms with E-state index in [1.54, 1.807) is 0 Å². The van der Waals surface area contributed by atoms with Crippen LogP contribution in [0.5, 0.6) is 0 Å². The zero-order valence-corrected chi connectivity index (χ0v) is 8.19. The van der Waals surface area contributed by atoms with E-state index in [0.29, 0.717) is 0 Å². The van der Waals surface area contributed by atoms with Crippen molar-refractivity contribution in [3.8, 4) is 0 Å². The Morgan fingerprint density at radius 1 is 1.00 bits per heavy atom. The number of hydrogen-bond donors (Lipinski definition) is 0. The van der Waals surface area contributed by atoms with E-state index in [1.807, 2.05) is 30.3 Å². The molecule has 36 valence electrons. The maximum Gasteiger partial charge on any atom is 4.00 e. The van der Waals surface area contributed by atoms with Crippen molar-refractivity contribution in [3.63, 3.8) is 0 Å². The Balaban J connectivity index is 0.000000490. The molecule has 0 heterocycles. The summed E-state index contributed by atoms with van der Waals surface area (Å²) in [6.07, 6.45) is 0. The van der Waals surface area contributed by atoms with Gasteiger partial charge in [-0.1, -0.05) is 6.07 Å². The third kappa shape index (κ3) is 2.31. The molecule has 0 N–H and O–H groups in total. The quantitative estimate of drug-likeness (QED) is 0.498. The second kappa shape index (κ2) is 3.90. The van der Waals surface area contributed by atoms with Crippen LogP contribution in [0.15, 0.2) is 30.3 Å². The van der Waals surface area contributed by atoms with Crippen LogP contribution in [0.25, 0.3) is 0 Å². The average Bonchev–Trinajstić information content (AvgIpc) is 1.69. The van der Waals surface area contributed by atoms with Crippen molar-refractivity contribution >= 4 is 0 Å². The molecule has 1 rings (SSSR count). The largest absolute Gasteiger partial charge is 4.00 e. The van der Waals surface area contributed by atoms with Crippen molar-refractivity contribution in [3.05, 3.63) is 42.8 Å². The van der Waals surface area contributed by atoms with Crippen molar-refractivity contribution in [1.29, 1.82) is 0 Å². The molecule has 0 amide bonds. The molecule has 0 unspecified atom stereocenters. The molecule has 0 saturated heterocycles. The second-order valence-corrected chi connectivity index (χ2v) is 1.49. The minimum Gasteiger partial charge on any atom is -0.199 e. The average molecular weight is 270 g/mol. The summed E-state index contributed by atoms with van der Waals surface area (Å²) in [6.45, 7) is 3.72. The Bertz CT molecular complexity index is 134. The number of benzene rings is 1.